The van der Waals surface area contributed by atoms with Gasteiger partial charge in [-0.2, -0.15) is 0 Å². The van der Waals surface area contributed by atoms with Gasteiger partial charge < -0.3 is 20.2 Å². The number of phenols is 1. The molecule has 0 aliphatic carbocycles. The number of hydrogen-bond acceptors (Lipinski definition) is 4. The summed E-state index contributed by atoms with van der Waals surface area (Å²) in [4.78, 5) is 16.8. The molecule has 1 aromatic rings. The molecule has 0 bridgehead atoms. The Hall–Kier alpha value is -1.59. The Labute approximate surface area is 132 Å². The van der Waals surface area contributed by atoms with Crippen LogP contribution in [0.2, 0.25) is 0 Å². The second-order valence-corrected chi connectivity index (χ2v) is 6.32. The summed E-state index contributed by atoms with van der Waals surface area (Å²) in [7, 11) is 2.15. The van der Waals surface area contributed by atoms with Crippen molar-refractivity contribution in [1.29, 1.82) is 0 Å². The van der Waals surface area contributed by atoms with E-state index in [0.717, 1.165) is 32.7 Å². The van der Waals surface area contributed by atoms with Gasteiger partial charge in [-0.25, -0.2) is 0 Å². The molecule has 22 heavy (non-hydrogen) atoms. The number of carbonyl (C=O) groups is 1. The smallest absolute Gasteiger partial charge is 0.224 e. The van der Waals surface area contributed by atoms with Crippen molar-refractivity contribution in [2.45, 2.75) is 13.3 Å². The predicted molar refractivity (Wildman–Crippen MR) is 87.9 cm³/mol. The summed E-state index contributed by atoms with van der Waals surface area (Å²) in [6.07, 6.45) is 0.230. The van der Waals surface area contributed by atoms with Crippen LogP contribution < -0.4 is 5.32 Å². The predicted octanol–water partition coefficient (Wildman–Crippen LogP) is 0.934. The number of nitrogens with zero attached hydrogens (tertiary/aromatic N) is 2. The Morgan fingerprint density at radius 2 is 1.95 bits per heavy atom. The van der Waals surface area contributed by atoms with E-state index < -0.39 is 0 Å². The Kier molecular flexibility index (Phi) is 6.21. The summed E-state index contributed by atoms with van der Waals surface area (Å²) >= 11 is 0. The second kappa shape index (κ2) is 8.15. The largest absolute Gasteiger partial charge is 0.508 e. The Balaban J connectivity index is 1.68. The molecule has 5 nitrogen and oxygen atoms in total. The molecule has 1 fully saturated rings. The average Bonchev–Trinajstić information content (AvgIpc) is 2.50. The van der Waals surface area contributed by atoms with E-state index in [-0.39, 0.29) is 18.1 Å². The van der Waals surface area contributed by atoms with Crippen LogP contribution in [0.3, 0.4) is 0 Å². The molecule has 0 unspecified atom stereocenters. The van der Waals surface area contributed by atoms with Crippen LogP contribution in [0.25, 0.3) is 0 Å². The van der Waals surface area contributed by atoms with E-state index in [1.165, 1.54) is 0 Å². The van der Waals surface area contributed by atoms with Crippen molar-refractivity contribution in [3.63, 3.8) is 0 Å². The molecule has 2 rings (SSSR count). The van der Waals surface area contributed by atoms with Crippen LogP contribution in [0.5, 0.6) is 5.75 Å². The number of benzene rings is 1. The lowest BCUT2D eigenvalue weighted by Gasteiger charge is -2.33. The third kappa shape index (κ3) is 5.31. The molecule has 0 spiro atoms. The third-order valence-corrected chi connectivity index (χ3v) is 4.16. The van der Waals surface area contributed by atoms with Crippen molar-refractivity contribution < 1.29 is 9.90 Å². The number of nitrogens with one attached hydrogen (secondary N) is 1. The van der Waals surface area contributed by atoms with Gasteiger partial charge in [0.2, 0.25) is 5.91 Å². The van der Waals surface area contributed by atoms with Gasteiger partial charge in [0.15, 0.2) is 0 Å². The molecule has 0 saturated carbocycles. The molecule has 1 aliphatic rings. The summed E-state index contributed by atoms with van der Waals surface area (Å²) < 4.78 is 0. The Morgan fingerprint density at radius 3 is 2.64 bits per heavy atom. The molecule has 0 aromatic heterocycles. The summed E-state index contributed by atoms with van der Waals surface area (Å²) in [6, 6.07) is 6.98. The molecular formula is C17H27N3O2. The number of rotatable bonds is 6. The van der Waals surface area contributed by atoms with E-state index >= 15 is 0 Å². The van der Waals surface area contributed by atoms with Crippen molar-refractivity contribution >= 4 is 5.91 Å². The summed E-state index contributed by atoms with van der Waals surface area (Å²) in [5.41, 5.74) is 0.673. The topological polar surface area (TPSA) is 55.8 Å². The van der Waals surface area contributed by atoms with Gasteiger partial charge in [-0.1, -0.05) is 25.1 Å². The van der Waals surface area contributed by atoms with Gasteiger partial charge in [0.05, 0.1) is 6.42 Å². The Morgan fingerprint density at radius 1 is 1.27 bits per heavy atom. The lowest BCUT2D eigenvalue weighted by molar-refractivity contribution is -0.120. The normalized spacial score (nSPS) is 18.1. The highest BCUT2D eigenvalue weighted by Gasteiger charge is 2.16. The number of phenolic OH excluding ortho intramolecular Hbond substituents is 1. The first-order valence-corrected chi connectivity index (χ1v) is 7.99. The van der Waals surface area contributed by atoms with Crippen molar-refractivity contribution in [3.05, 3.63) is 29.8 Å². The lowest BCUT2D eigenvalue weighted by Crippen LogP contribution is -2.47. The lowest BCUT2D eigenvalue weighted by atomic mass is 10.1. The average molecular weight is 305 g/mol. The maximum absolute atomic E-state index is 12.0. The van der Waals surface area contributed by atoms with Crippen LogP contribution in [0.15, 0.2) is 24.3 Å². The molecule has 1 amide bonds. The van der Waals surface area contributed by atoms with E-state index in [1.807, 2.05) is 6.07 Å². The minimum atomic E-state index is -0.0354. The molecular weight excluding hydrogens is 278 g/mol. The second-order valence-electron chi connectivity index (χ2n) is 6.32. The monoisotopic (exact) mass is 305 g/mol. The SMILES string of the molecule is C[C@@H](CNC(=O)Cc1ccccc1O)CN1CCN(C)CC1. The van der Waals surface area contributed by atoms with Gasteiger partial charge in [0, 0.05) is 44.8 Å². The molecule has 0 radical (unpaired) electrons. The van der Waals surface area contributed by atoms with Gasteiger partial charge in [0.1, 0.15) is 5.75 Å². The van der Waals surface area contributed by atoms with Crippen LogP contribution >= 0.6 is 0 Å². The summed E-state index contributed by atoms with van der Waals surface area (Å²) in [6.45, 7) is 8.31. The fourth-order valence-electron chi connectivity index (χ4n) is 2.72. The number of amides is 1. The highest BCUT2D eigenvalue weighted by molar-refractivity contribution is 5.79. The van der Waals surface area contributed by atoms with E-state index in [2.05, 4.69) is 29.1 Å². The highest BCUT2D eigenvalue weighted by atomic mass is 16.3. The van der Waals surface area contributed by atoms with E-state index in [4.69, 9.17) is 0 Å². The molecule has 1 saturated heterocycles. The van der Waals surface area contributed by atoms with Crippen LogP contribution in [-0.4, -0.2) is 67.1 Å². The molecule has 1 aliphatic heterocycles. The zero-order valence-electron chi connectivity index (χ0n) is 13.6. The fourth-order valence-corrected chi connectivity index (χ4v) is 2.72. The first kappa shape index (κ1) is 16.8. The number of carbonyl (C=O) groups excluding carboxylic acids is 1. The van der Waals surface area contributed by atoms with Gasteiger partial charge >= 0.3 is 0 Å². The van der Waals surface area contributed by atoms with Crippen LogP contribution in [-0.2, 0) is 11.2 Å². The van der Waals surface area contributed by atoms with E-state index in [1.54, 1.807) is 18.2 Å². The van der Waals surface area contributed by atoms with Gasteiger partial charge in [-0.05, 0) is 19.0 Å². The number of hydrogen-bond donors (Lipinski definition) is 2. The van der Waals surface area contributed by atoms with E-state index in [0.29, 0.717) is 18.0 Å². The zero-order chi connectivity index (χ0) is 15.9. The van der Waals surface area contributed by atoms with Crippen molar-refractivity contribution in [2.24, 2.45) is 5.92 Å². The van der Waals surface area contributed by atoms with Gasteiger partial charge in [-0.15, -0.1) is 0 Å². The van der Waals surface area contributed by atoms with Crippen LogP contribution in [0, 0.1) is 5.92 Å². The quantitative estimate of drug-likeness (QED) is 0.821. The number of para-hydroxylation sites is 1. The minimum Gasteiger partial charge on any atom is -0.508 e. The van der Waals surface area contributed by atoms with Crippen LogP contribution in [0.1, 0.15) is 12.5 Å². The molecule has 5 heteroatoms. The maximum atomic E-state index is 12.0. The minimum absolute atomic E-state index is 0.0354. The van der Waals surface area contributed by atoms with Gasteiger partial charge in [0.25, 0.3) is 0 Å². The van der Waals surface area contributed by atoms with Crippen molar-refractivity contribution in [2.75, 3.05) is 46.3 Å². The maximum Gasteiger partial charge on any atom is 0.224 e. The van der Waals surface area contributed by atoms with E-state index in [9.17, 15) is 9.90 Å². The summed E-state index contributed by atoms with van der Waals surface area (Å²) in [5.74, 6) is 0.576. The molecule has 2 N–H and O–H groups in total. The first-order valence-electron chi connectivity index (χ1n) is 7.99. The summed E-state index contributed by atoms with van der Waals surface area (Å²) in [5, 5.41) is 12.7. The zero-order valence-corrected chi connectivity index (χ0v) is 13.6. The Bertz CT molecular complexity index is 485. The number of aromatic hydroxyl groups is 1. The molecule has 1 heterocycles. The number of likely N-dealkylation sites (N-methyl/N-ethyl adjacent to an activating group) is 1. The molecule has 1 atom stereocenters. The van der Waals surface area contributed by atoms with Crippen molar-refractivity contribution in [1.82, 2.24) is 15.1 Å². The molecule has 1 aromatic carbocycles. The molecule has 122 valence electrons. The number of piperazine rings is 1. The van der Waals surface area contributed by atoms with Crippen molar-refractivity contribution in [3.8, 4) is 5.75 Å². The third-order valence-electron chi connectivity index (χ3n) is 4.16. The fraction of sp³-hybridized carbons (Fsp3) is 0.588. The van der Waals surface area contributed by atoms with Gasteiger partial charge in [-0.3, -0.25) is 4.79 Å². The highest BCUT2D eigenvalue weighted by Crippen LogP contribution is 2.15. The van der Waals surface area contributed by atoms with Crippen LogP contribution in [0.4, 0.5) is 0 Å². The standard InChI is InChI=1S/C17H27N3O2/c1-14(13-20-9-7-19(2)8-10-20)12-18-17(22)11-15-5-3-4-6-16(15)21/h3-6,14,21H,7-13H2,1-2H3,(H,18,22)/t14-/m0/s1. The first-order chi connectivity index (χ1) is 10.5.